The van der Waals surface area contributed by atoms with E-state index in [0.717, 1.165) is 22.5 Å². The predicted octanol–water partition coefficient (Wildman–Crippen LogP) is 3.54. The third kappa shape index (κ3) is 3.57. The molecular weight excluding hydrogens is 289 g/mol. The van der Waals surface area contributed by atoms with Crippen LogP contribution in [0.15, 0.2) is 18.2 Å². The zero-order chi connectivity index (χ0) is 15.6. The van der Waals surface area contributed by atoms with Gasteiger partial charge in [-0.15, -0.1) is 0 Å². The number of rotatable bonds is 4. The van der Waals surface area contributed by atoms with Crippen molar-refractivity contribution in [3.05, 3.63) is 57.4 Å². The molecule has 1 aromatic carbocycles. The van der Waals surface area contributed by atoms with Crippen molar-refractivity contribution in [1.82, 2.24) is 9.97 Å². The van der Waals surface area contributed by atoms with E-state index in [2.05, 4.69) is 16.9 Å². The van der Waals surface area contributed by atoms with Gasteiger partial charge in [0.2, 0.25) is 0 Å². The fourth-order valence-electron chi connectivity index (χ4n) is 2.54. The molecule has 1 atom stereocenters. The van der Waals surface area contributed by atoms with Gasteiger partial charge < -0.3 is 5.73 Å². The second-order valence-electron chi connectivity index (χ2n) is 5.27. The van der Waals surface area contributed by atoms with Crippen molar-refractivity contribution in [3.63, 3.8) is 0 Å². The number of nitrogens with zero attached hydrogens (tertiary/aromatic N) is 2. The Morgan fingerprint density at radius 3 is 2.38 bits per heavy atom. The molecule has 0 spiro atoms. The van der Waals surface area contributed by atoms with Crippen LogP contribution in [0.4, 0.5) is 4.39 Å². The van der Waals surface area contributed by atoms with Gasteiger partial charge in [0, 0.05) is 22.8 Å². The van der Waals surface area contributed by atoms with Crippen LogP contribution >= 0.6 is 11.6 Å². The number of halogens is 2. The van der Waals surface area contributed by atoms with E-state index >= 15 is 0 Å². The summed E-state index contributed by atoms with van der Waals surface area (Å²) in [5, 5.41) is 0.397. The van der Waals surface area contributed by atoms with E-state index in [1.54, 1.807) is 6.07 Å². The molecule has 112 valence electrons. The van der Waals surface area contributed by atoms with Crippen molar-refractivity contribution in [3.8, 4) is 0 Å². The normalized spacial score (nSPS) is 12.5. The van der Waals surface area contributed by atoms with E-state index in [-0.39, 0.29) is 11.7 Å². The Labute approximate surface area is 129 Å². The first-order valence-corrected chi connectivity index (χ1v) is 7.28. The van der Waals surface area contributed by atoms with Crippen LogP contribution in [-0.2, 0) is 6.42 Å². The average molecular weight is 308 g/mol. The smallest absolute Gasteiger partial charge is 0.133 e. The summed E-state index contributed by atoms with van der Waals surface area (Å²) in [6, 6.07) is 4.37. The molecule has 0 aliphatic carbocycles. The SMILES string of the molecule is Cc1nc(Cc2ccc(F)cc2Cl)nc(C)c1C(C)CN. The van der Waals surface area contributed by atoms with Crippen molar-refractivity contribution < 1.29 is 4.39 Å². The number of aromatic nitrogens is 2. The molecule has 0 bridgehead atoms. The molecule has 2 rings (SSSR count). The van der Waals surface area contributed by atoms with Gasteiger partial charge in [0.15, 0.2) is 0 Å². The van der Waals surface area contributed by atoms with Gasteiger partial charge in [-0.05, 0) is 49.6 Å². The first-order chi connectivity index (χ1) is 9.92. The molecule has 0 saturated heterocycles. The van der Waals surface area contributed by atoms with Crippen molar-refractivity contribution in [2.24, 2.45) is 5.73 Å². The van der Waals surface area contributed by atoms with Crippen molar-refractivity contribution in [1.29, 1.82) is 0 Å². The Bertz CT molecular complexity index is 635. The van der Waals surface area contributed by atoms with E-state index in [1.807, 2.05) is 13.8 Å². The van der Waals surface area contributed by atoms with E-state index < -0.39 is 0 Å². The molecule has 1 aromatic heterocycles. The first-order valence-electron chi connectivity index (χ1n) is 6.90. The van der Waals surface area contributed by atoms with E-state index in [1.165, 1.54) is 12.1 Å². The molecular formula is C16H19ClFN3. The maximum absolute atomic E-state index is 13.1. The summed E-state index contributed by atoms with van der Waals surface area (Å²) in [7, 11) is 0. The van der Waals surface area contributed by atoms with Crippen LogP contribution in [0.25, 0.3) is 0 Å². The average Bonchev–Trinajstić information content (AvgIpc) is 2.41. The molecule has 0 aliphatic heterocycles. The lowest BCUT2D eigenvalue weighted by Crippen LogP contribution is -2.15. The quantitative estimate of drug-likeness (QED) is 0.940. The minimum Gasteiger partial charge on any atom is -0.330 e. The highest BCUT2D eigenvalue weighted by Crippen LogP contribution is 2.23. The molecule has 0 radical (unpaired) electrons. The van der Waals surface area contributed by atoms with Gasteiger partial charge in [0.05, 0.1) is 0 Å². The van der Waals surface area contributed by atoms with Crippen molar-refractivity contribution in [2.75, 3.05) is 6.54 Å². The van der Waals surface area contributed by atoms with E-state index in [4.69, 9.17) is 17.3 Å². The molecule has 0 fully saturated rings. The van der Waals surface area contributed by atoms with Crippen molar-refractivity contribution in [2.45, 2.75) is 33.1 Å². The second-order valence-corrected chi connectivity index (χ2v) is 5.68. The van der Waals surface area contributed by atoms with Crippen LogP contribution in [0.1, 0.15) is 41.2 Å². The fourth-order valence-corrected chi connectivity index (χ4v) is 2.77. The summed E-state index contributed by atoms with van der Waals surface area (Å²) in [6.45, 7) is 6.56. The summed E-state index contributed by atoms with van der Waals surface area (Å²) in [4.78, 5) is 9.09. The van der Waals surface area contributed by atoms with Crippen LogP contribution in [0.2, 0.25) is 5.02 Å². The first kappa shape index (κ1) is 15.9. The van der Waals surface area contributed by atoms with Gasteiger partial charge in [-0.25, -0.2) is 14.4 Å². The number of nitrogens with two attached hydrogens (primary N) is 1. The standard InChI is InChI=1S/C16H19ClFN3/c1-9(8-19)16-10(2)20-15(21-11(16)3)6-12-4-5-13(18)7-14(12)17/h4-5,7,9H,6,8,19H2,1-3H3. The summed E-state index contributed by atoms with van der Waals surface area (Å²) >= 11 is 6.05. The zero-order valence-electron chi connectivity index (χ0n) is 12.5. The summed E-state index contributed by atoms with van der Waals surface area (Å²) < 4.78 is 13.1. The number of benzene rings is 1. The lowest BCUT2D eigenvalue weighted by atomic mass is 9.98. The Kier molecular flexibility index (Phi) is 4.91. The molecule has 2 N–H and O–H groups in total. The minimum atomic E-state index is -0.343. The van der Waals surface area contributed by atoms with Gasteiger partial charge >= 0.3 is 0 Å². The van der Waals surface area contributed by atoms with Crippen LogP contribution in [-0.4, -0.2) is 16.5 Å². The molecule has 0 amide bonds. The van der Waals surface area contributed by atoms with Crippen LogP contribution in [0, 0.1) is 19.7 Å². The zero-order valence-corrected chi connectivity index (χ0v) is 13.2. The number of hydrogen-bond donors (Lipinski definition) is 1. The Hall–Kier alpha value is -1.52. The van der Waals surface area contributed by atoms with Crippen LogP contribution in [0.5, 0.6) is 0 Å². The minimum absolute atomic E-state index is 0.230. The molecule has 1 heterocycles. The highest BCUT2D eigenvalue weighted by Gasteiger charge is 2.14. The number of aryl methyl sites for hydroxylation is 2. The van der Waals surface area contributed by atoms with Crippen LogP contribution in [0.3, 0.4) is 0 Å². The Morgan fingerprint density at radius 1 is 1.24 bits per heavy atom. The number of hydrogen-bond acceptors (Lipinski definition) is 3. The van der Waals surface area contributed by atoms with E-state index in [0.29, 0.717) is 23.8 Å². The Morgan fingerprint density at radius 2 is 1.86 bits per heavy atom. The third-order valence-electron chi connectivity index (χ3n) is 3.58. The van der Waals surface area contributed by atoms with Gasteiger partial charge in [0.1, 0.15) is 11.6 Å². The monoisotopic (exact) mass is 307 g/mol. The van der Waals surface area contributed by atoms with Crippen LogP contribution < -0.4 is 5.73 Å². The molecule has 1 unspecified atom stereocenters. The third-order valence-corrected chi connectivity index (χ3v) is 3.93. The summed E-state index contributed by atoms with van der Waals surface area (Å²) in [5.74, 6) is 0.573. The summed E-state index contributed by atoms with van der Waals surface area (Å²) in [5.41, 5.74) is 9.53. The second kappa shape index (κ2) is 6.50. The molecule has 5 heteroatoms. The summed E-state index contributed by atoms with van der Waals surface area (Å²) in [6.07, 6.45) is 0.484. The van der Waals surface area contributed by atoms with Gasteiger partial charge in [0.25, 0.3) is 0 Å². The molecule has 0 saturated carbocycles. The highest BCUT2D eigenvalue weighted by molar-refractivity contribution is 6.31. The highest BCUT2D eigenvalue weighted by atomic mass is 35.5. The molecule has 3 nitrogen and oxygen atoms in total. The largest absolute Gasteiger partial charge is 0.330 e. The van der Waals surface area contributed by atoms with Gasteiger partial charge in [-0.2, -0.15) is 0 Å². The fraction of sp³-hybridized carbons (Fsp3) is 0.375. The Balaban J connectivity index is 2.34. The molecule has 21 heavy (non-hydrogen) atoms. The molecule has 0 aliphatic rings. The maximum Gasteiger partial charge on any atom is 0.133 e. The van der Waals surface area contributed by atoms with Crippen molar-refractivity contribution >= 4 is 11.6 Å². The van der Waals surface area contributed by atoms with E-state index in [9.17, 15) is 4.39 Å². The molecule has 2 aromatic rings. The maximum atomic E-state index is 13.1. The van der Waals surface area contributed by atoms with Gasteiger partial charge in [-0.1, -0.05) is 24.6 Å². The van der Waals surface area contributed by atoms with Gasteiger partial charge in [-0.3, -0.25) is 0 Å². The topological polar surface area (TPSA) is 51.8 Å². The lowest BCUT2D eigenvalue weighted by Gasteiger charge is -2.16. The predicted molar refractivity (Wildman–Crippen MR) is 83.2 cm³/mol. The lowest BCUT2D eigenvalue weighted by molar-refractivity contribution is 0.627.